The van der Waals surface area contributed by atoms with Crippen LogP contribution in [0.3, 0.4) is 0 Å². The topological polar surface area (TPSA) is 33.7 Å². The lowest BCUT2D eigenvalue weighted by Gasteiger charge is -2.35. The van der Waals surface area contributed by atoms with Crippen molar-refractivity contribution in [2.45, 2.75) is 38.5 Å². The van der Waals surface area contributed by atoms with Crippen LogP contribution in [0.25, 0.3) is 0 Å². The molecule has 2 fully saturated rings. The summed E-state index contributed by atoms with van der Waals surface area (Å²) in [6, 6.07) is 0.611. The molecule has 0 saturated carbocycles. The molecular formula is C12H24N2O2. The lowest BCUT2D eigenvalue weighted by molar-refractivity contribution is -0.0876. The zero-order valence-corrected chi connectivity index (χ0v) is 10.4. The van der Waals surface area contributed by atoms with E-state index in [-0.39, 0.29) is 6.10 Å². The third kappa shape index (κ3) is 3.42. The van der Waals surface area contributed by atoms with E-state index in [1.54, 1.807) is 0 Å². The lowest BCUT2D eigenvalue weighted by Crippen LogP contribution is -2.47. The summed E-state index contributed by atoms with van der Waals surface area (Å²) in [5.41, 5.74) is 0. The molecule has 2 heterocycles. The fourth-order valence-electron chi connectivity index (χ4n) is 2.33. The van der Waals surface area contributed by atoms with Gasteiger partial charge in [-0.05, 0) is 26.8 Å². The summed E-state index contributed by atoms with van der Waals surface area (Å²) in [5, 5.41) is 3.31. The molecular weight excluding hydrogens is 204 g/mol. The highest BCUT2D eigenvalue weighted by molar-refractivity contribution is 4.76. The molecule has 0 radical (unpaired) electrons. The zero-order valence-electron chi connectivity index (χ0n) is 10.4. The molecule has 2 rings (SSSR count). The van der Waals surface area contributed by atoms with E-state index >= 15 is 0 Å². The van der Waals surface area contributed by atoms with E-state index in [9.17, 15) is 0 Å². The second-order valence-corrected chi connectivity index (χ2v) is 5.03. The van der Waals surface area contributed by atoms with Crippen molar-refractivity contribution in [2.75, 3.05) is 39.4 Å². The summed E-state index contributed by atoms with van der Waals surface area (Å²) < 4.78 is 11.6. The van der Waals surface area contributed by atoms with E-state index in [0.717, 1.165) is 45.8 Å². The minimum Gasteiger partial charge on any atom is -0.374 e. The maximum Gasteiger partial charge on any atom is 0.0935 e. The van der Waals surface area contributed by atoms with Crippen molar-refractivity contribution in [3.8, 4) is 0 Å². The molecule has 16 heavy (non-hydrogen) atoms. The molecule has 4 nitrogen and oxygen atoms in total. The Hall–Kier alpha value is -0.160. The maximum absolute atomic E-state index is 5.86. The predicted molar refractivity (Wildman–Crippen MR) is 63.7 cm³/mol. The van der Waals surface area contributed by atoms with Gasteiger partial charge in [-0.2, -0.15) is 0 Å². The van der Waals surface area contributed by atoms with Crippen LogP contribution in [0.15, 0.2) is 0 Å². The minimum atomic E-state index is 0.261. The minimum absolute atomic E-state index is 0.261. The van der Waals surface area contributed by atoms with E-state index < -0.39 is 0 Å². The Morgan fingerprint density at radius 1 is 1.50 bits per heavy atom. The molecule has 0 spiro atoms. The van der Waals surface area contributed by atoms with Gasteiger partial charge in [-0.25, -0.2) is 0 Å². The van der Waals surface area contributed by atoms with Gasteiger partial charge in [0.15, 0.2) is 0 Å². The largest absolute Gasteiger partial charge is 0.374 e. The van der Waals surface area contributed by atoms with Gasteiger partial charge in [0.1, 0.15) is 0 Å². The molecule has 0 aliphatic carbocycles. The molecule has 4 heteroatoms. The molecule has 94 valence electrons. The second kappa shape index (κ2) is 5.96. The van der Waals surface area contributed by atoms with Gasteiger partial charge >= 0.3 is 0 Å². The molecule has 0 amide bonds. The number of hydrogen-bond donors (Lipinski definition) is 1. The average Bonchev–Trinajstić information content (AvgIpc) is 2.79. The Labute approximate surface area is 98.3 Å². The summed E-state index contributed by atoms with van der Waals surface area (Å²) in [4.78, 5) is 2.46. The van der Waals surface area contributed by atoms with Crippen LogP contribution in [0.2, 0.25) is 0 Å². The highest BCUT2D eigenvalue weighted by Crippen LogP contribution is 2.11. The van der Waals surface area contributed by atoms with Crippen LogP contribution in [-0.2, 0) is 9.47 Å². The fraction of sp³-hybridized carbons (Fsp3) is 1.00. The monoisotopic (exact) mass is 228 g/mol. The summed E-state index contributed by atoms with van der Waals surface area (Å²) in [5.74, 6) is 0. The molecule has 0 aromatic heterocycles. The molecule has 2 aliphatic rings. The van der Waals surface area contributed by atoms with Crippen molar-refractivity contribution in [2.24, 2.45) is 0 Å². The Kier molecular flexibility index (Phi) is 4.58. The predicted octanol–water partition coefficient (Wildman–Crippen LogP) is 0.474. The van der Waals surface area contributed by atoms with Crippen LogP contribution >= 0.6 is 0 Å². The highest BCUT2D eigenvalue weighted by atomic mass is 16.5. The Bertz CT molecular complexity index is 205. The van der Waals surface area contributed by atoms with Crippen molar-refractivity contribution >= 4 is 0 Å². The van der Waals surface area contributed by atoms with E-state index in [1.165, 1.54) is 0 Å². The number of nitrogens with one attached hydrogen (secondary N) is 1. The quantitative estimate of drug-likeness (QED) is 0.758. The van der Waals surface area contributed by atoms with E-state index in [2.05, 4.69) is 24.1 Å². The first-order chi connectivity index (χ1) is 7.75. The normalized spacial score (nSPS) is 32.4. The first kappa shape index (κ1) is 12.3. The van der Waals surface area contributed by atoms with Crippen LogP contribution < -0.4 is 5.32 Å². The molecule has 0 aromatic carbocycles. The van der Waals surface area contributed by atoms with E-state index in [0.29, 0.717) is 12.1 Å². The van der Waals surface area contributed by atoms with Gasteiger partial charge in [-0.3, -0.25) is 4.90 Å². The van der Waals surface area contributed by atoms with Crippen LogP contribution in [0.1, 0.15) is 20.3 Å². The van der Waals surface area contributed by atoms with Crippen molar-refractivity contribution in [3.05, 3.63) is 0 Å². The van der Waals surface area contributed by atoms with Gasteiger partial charge in [0.2, 0.25) is 0 Å². The summed E-state index contributed by atoms with van der Waals surface area (Å²) >= 11 is 0. The molecule has 1 N–H and O–H groups in total. The maximum atomic E-state index is 5.86. The first-order valence-corrected chi connectivity index (χ1v) is 6.43. The van der Waals surface area contributed by atoms with Crippen LogP contribution in [-0.4, -0.2) is 62.5 Å². The Morgan fingerprint density at radius 3 is 3.06 bits per heavy atom. The van der Waals surface area contributed by atoms with Gasteiger partial charge in [-0.1, -0.05) is 0 Å². The SMILES string of the molecule is CC(C)N1CCOC(COC2CCNC2)C1. The molecule has 0 bridgehead atoms. The Morgan fingerprint density at radius 2 is 2.38 bits per heavy atom. The highest BCUT2D eigenvalue weighted by Gasteiger charge is 2.24. The van der Waals surface area contributed by atoms with E-state index in [1.807, 2.05) is 0 Å². The fourth-order valence-corrected chi connectivity index (χ4v) is 2.33. The van der Waals surface area contributed by atoms with Crippen LogP contribution in [0.4, 0.5) is 0 Å². The zero-order chi connectivity index (χ0) is 11.4. The van der Waals surface area contributed by atoms with Gasteiger partial charge in [-0.15, -0.1) is 0 Å². The molecule has 2 aliphatic heterocycles. The standard InChI is InChI=1S/C12H24N2O2/c1-10(2)14-5-6-15-12(8-14)9-16-11-3-4-13-7-11/h10-13H,3-9H2,1-2H3. The van der Waals surface area contributed by atoms with Crippen molar-refractivity contribution in [3.63, 3.8) is 0 Å². The lowest BCUT2D eigenvalue weighted by atomic mass is 10.2. The van der Waals surface area contributed by atoms with Crippen molar-refractivity contribution < 1.29 is 9.47 Å². The molecule has 0 aromatic rings. The number of hydrogen-bond acceptors (Lipinski definition) is 4. The smallest absolute Gasteiger partial charge is 0.0935 e. The molecule has 2 saturated heterocycles. The van der Waals surface area contributed by atoms with Gasteiger partial charge in [0, 0.05) is 25.7 Å². The number of nitrogens with zero attached hydrogens (tertiary/aromatic N) is 1. The summed E-state index contributed by atoms with van der Waals surface area (Å²) in [6.45, 7) is 10.2. The average molecular weight is 228 g/mol. The Balaban J connectivity index is 1.68. The van der Waals surface area contributed by atoms with Gasteiger partial charge < -0.3 is 14.8 Å². The third-order valence-corrected chi connectivity index (χ3v) is 3.43. The van der Waals surface area contributed by atoms with Gasteiger partial charge in [0.05, 0.1) is 25.4 Å². The van der Waals surface area contributed by atoms with Crippen LogP contribution in [0, 0.1) is 0 Å². The van der Waals surface area contributed by atoms with E-state index in [4.69, 9.17) is 9.47 Å². The second-order valence-electron chi connectivity index (χ2n) is 5.03. The number of morpholine rings is 1. The van der Waals surface area contributed by atoms with Crippen molar-refractivity contribution in [1.82, 2.24) is 10.2 Å². The number of rotatable bonds is 4. The van der Waals surface area contributed by atoms with Crippen molar-refractivity contribution in [1.29, 1.82) is 0 Å². The summed E-state index contributed by atoms with van der Waals surface area (Å²) in [6.07, 6.45) is 1.80. The number of ether oxygens (including phenoxy) is 2. The molecule has 2 atom stereocenters. The first-order valence-electron chi connectivity index (χ1n) is 6.43. The molecule has 2 unspecified atom stereocenters. The van der Waals surface area contributed by atoms with Gasteiger partial charge in [0.25, 0.3) is 0 Å². The van der Waals surface area contributed by atoms with Crippen LogP contribution in [0.5, 0.6) is 0 Å². The summed E-state index contributed by atoms with van der Waals surface area (Å²) in [7, 11) is 0. The third-order valence-electron chi connectivity index (χ3n) is 3.43.